The van der Waals surface area contributed by atoms with Crippen molar-refractivity contribution in [3.8, 4) is 11.5 Å². The molecule has 4 nitrogen and oxygen atoms in total. The van der Waals surface area contributed by atoms with Crippen molar-refractivity contribution in [1.82, 2.24) is 5.32 Å². The van der Waals surface area contributed by atoms with Crippen LogP contribution in [0.3, 0.4) is 0 Å². The highest BCUT2D eigenvalue weighted by Gasteiger charge is 2.20. The summed E-state index contributed by atoms with van der Waals surface area (Å²) in [4.78, 5) is 0. The molecular weight excluding hydrogens is 290 g/mol. The second-order valence-corrected chi connectivity index (χ2v) is 7.17. The summed E-state index contributed by atoms with van der Waals surface area (Å²) < 4.78 is 11.2. The fraction of sp³-hybridized carbons (Fsp3) is 0.684. The van der Waals surface area contributed by atoms with E-state index < -0.39 is 6.10 Å². The van der Waals surface area contributed by atoms with Gasteiger partial charge in [0.1, 0.15) is 24.2 Å². The lowest BCUT2D eigenvalue weighted by Crippen LogP contribution is -2.36. The molecule has 0 saturated carbocycles. The molecule has 1 aromatic rings. The minimum atomic E-state index is -0.524. The summed E-state index contributed by atoms with van der Waals surface area (Å²) in [7, 11) is 1.66. The lowest BCUT2D eigenvalue weighted by Gasteiger charge is -2.24. The van der Waals surface area contributed by atoms with Gasteiger partial charge in [-0.05, 0) is 37.0 Å². The molecule has 4 heteroatoms. The Balaban J connectivity index is 2.63. The van der Waals surface area contributed by atoms with Gasteiger partial charge in [0.05, 0.1) is 7.11 Å². The Morgan fingerprint density at radius 3 is 2.52 bits per heavy atom. The van der Waals surface area contributed by atoms with Crippen LogP contribution in [0.1, 0.15) is 53.0 Å². The minimum Gasteiger partial charge on any atom is -0.497 e. The molecule has 132 valence electrons. The number of benzene rings is 1. The quantitative estimate of drug-likeness (QED) is 0.730. The SMILES string of the molecule is CCC[C@@H](C)NC[C@H](O)COc1ccc(OC)cc1C(C)(C)C. The first kappa shape index (κ1) is 19.8. The molecule has 0 bridgehead atoms. The number of hydrogen-bond acceptors (Lipinski definition) is 4. The van der Waals surface area contributed by atoms with Gasteiger partial charge in [-0.25, -0.2) is 0 Å². The lowest BCUT2D eigenvalue weighted by molar-refractivity contribution is 0.103. The van der Waals surface area contributed by atoms with Crippen molar-refractivity contribution in [2.24, 2.45) is 0 Å². The highest BCUT2D eigenvalue weighted by atomic mass is 16.5. The van der Waals surface area contributed by atoms with E-state index in [9.17, 15) is 5.11 Å². The van der Waals surface area contributed by atoms with E-state index >= 15 is 0 Å². The number of ether oxygens (including phenoxy) is 2. The first-order chi connectivity index (χ1) is 10.8. The van der Waals surface area contributed by atoms with Gasteiger partial charge in [-0.2, -0.15) is 0 Å². The van der Waals surface area contributed by atoms with E-state index in [0.29, 0.717) is 12.6 Å². The predicted octanol–water partition coefficient (Wildman–Crippen LogP) is 3.51. The summed E-state index contributed by atoms with van der Waals surface area (Å²) in [6, 6.07) is 6.22. The fourth-order valence-electron chi connectivity index (χ4n) is 2.47. The van der Waals surface area contributed by atoms with Crippen molar-refractivity contribution in [3.63, 3.8) is 0 Å². The van der Waals surface area contributed by atoms with Crippen molar-refractivity contribution >= 4 is 0 Å². The predicted molar refractivity (Wildman–Crippen MR) is 95.6 cm³/mol. The van der Waals surface area contributed by atoms with Crippen LogP contribution in [0, 0.1) is 0 Å². The Bertz CT molecular complexity index is 468. The minimum absolute atomic E-state index is 0.0529. The van der Waals surface area contributed by atoms with Crippen LogP contribution >= 0.6 is 0 Å². The third kappa shape index (κ3) is 6.80. The molecule has 0 heterocycles. The van der Waals surface area contributed by atoms with Gasteiger partial charge < -0.3 is 19.9 Å². The van der Waals surface area contributed by atoms with Crippen molar-refractivity contribution < 1.29 is 14.6 Å². The molecule has 1 aromatic carbocycles. The maximum absolute atomic E-state index is 10.1. The molecular formula is C19H33NO3. The zero-order chi connectivity index (χ0) is 17.5. The van der Waals surface area contributed by atoms with Crippen LogP contribution < -0.4 is 14.8 Å². The van der Waals surface area contributed by atoms with Crippen LogP contribution in [0.2, 0.25) is 0 Å². The number of methoxy groups -OCH3 is 1. The Hall–Kier alpha value is -1.26. The van der Waals surface area contributed by atoms with Crippen LogP contribution in [0.25, 0.3) is 0 Å². The van der Waals surface area contributed by atoms with Crippen LogP contribution in [-0.4, -0.2) is 37.5 Å². The van der Waals surface area contributed by atoms with E-state index in [4.69, 9.17) is 9.47 Å². The molecule has 0 spiro atoms. The zero-order valence-electron chi connectivity index (χ0n) is 15.5. The second-order valence-electron chi connectivity index (χ2n) is 7.17. The maximum Gasteiger partial charge on any atom is 0.123 e. The van der Waals surface area contributed by atoms with Crippen molar-refractivity contribution in [2.45, 2.75) is 65.0 Å². The highest BCUT2D eigenvalue weighted by molar-refractivity contribution is 5.44. The molecule has 2 atom stereocenters. The van der Waals surface area contributed by atoms with Gasteiger partial charge in [0, 0.05) is 18.2 Å². The Labute approximate surface area is 141 Å². The lowest BCUT2D eigenvalue weighted by atomic mass is 9.86. The molecule has 0 saturated heterocycles. The number of rotatable bonds is 9. The van der Waals surface area contributed by atoms with Gasteiger partial charge in [0.2, 0.25) is 0 Å². The first-order valence-corrected chi connectivity index (χ1v) is 8.50. The molecule has 0 aromatic heterocycles. The summed E-state index contributed by atoms with van der Waals surface area (Å²) in [5.74, 6) is 1.62. The third-order valence-electron chi connectivity index (χ3n) is 3.85. The van der Waals surface area contributed by atoms with Crippen LogP contribution in [0.4, 0.5) is 0 Å². The highest BCUT2D eigenvalue weighted by Crippen LogP contribution is 2.34. The van der Waals surface area contributed by atoms with Crippen LogP contribution in [0.5, 0.6) is 11.5 Å². The van der Waals surface area contributed by atoms with E-state index in [1.165, 1.54) is 0 Å². The van der Waals surface area contributed by atoms with Crippen LogP contribution in [0.15, 0.2) is 18.2 Å². The summed E-state index contributed by atoms with van der Waals surface area (Å²) in [6.45, 7) is 11.5. The van der Waals surface area contributed by atoms with E-state index in [1.54, 1.807) is 7.11 Å². The molecule has 0 fully saturated rings. The Kier molecular flexibility index (Phi) is 7.86. The van der Waals surface area contributed by atoms with Crippen molar-refractivity contribution in [2.75, 3.05) is 20.3 Å². The topological polar surface area (TPSA) is 50.7 Å². The molecule has 0 aliphatic rings. The van der Waals surface area contributed by atoms with Crippen LogP contribution in [-0.2, 0) is 5.41 Å². The van der Waals surface area contributed by atoms with Crippen molar-refractivity contribution in [1.29, 1.82) is 0 Å². The molecule has 0 aliphatic carbocycles. The molecule has 2 N–H and O–H groups in total. The summed E-state index contributed by atoms with van der Waals surface area (Å²) in [5, 5.41) is 13.4. The Morgan fingerprint density at radius 2 is 1.96 bits per heavy atom. The molecule has 0 radical (unpaired) electrons. The Morgan fingerprint density at radius 1 is 1.26 bits per heavy atom. The second kappa shape index (κ2) is 9.14. The third-order valence-corrected chi connectivity index (χ3v) is 3.85. The summed E-state index contributed by atoms with van der Waals surface area (Å²) in [6.07, 6.45) is 1.73. The van der Waals surface area contributed by atoms with E-state index in [2.05, 4.69) is 39.9 Å². The van der Waals surface area contributed by atoms with Gasteiger partial charge in [-0.15, -0.1) is 0 Å². The molecule has 1 rings (SSSR count). The maximum atomic E-state index is 10.1. The van der Waals surface area contributed by atoms with E-state index in [1.807, 2.05) is 18.2 Å². The van der Waals surface area contributed by atoms with Gasteiger partial charge >= 0.3 is 0 Å². The van der Waals surface area contributed by atoms with Gasteiger partial charge in [-0.3, -0.25) is 0 Å². The smallest absolute Gasteiger partial charge is 0.123 e. The number of aliphatic hydroxyl groups is 1. The first-order valence-electron chi connectivity index (χ1n) is 8.50. The van der Waals surface area contributed by atoms with Gasteiger partial charge in [0.25, 0.3) is 0 Å². The van der Waals surface area contributed by atoms with Gasteiger partial charge in [0.15, 0.2) is 0 Å². The number of nitrogens with one attached hydrogen (secondary N) is 1. The number of aliphatic hydroxyl groups excluding tert-OH is 1. The molecule has 0 amide bonds. The van der Waals surface area contributed by atoms with Gasteiger partial charge in [-0.1, -0.05) is 34.1 Å². The summed E-state index contributed by atoms with van der Waals surface area (Å²) >= 11 is 0. The van der Waals surface area contributed by atoms with Crippen molar-refractivity contribution in [3.05, 3.63) is 23.8 Å². The monoisotopic (exact) mass is 323 g/mol. The zero-order valence-corrected chi connectivity index (χ0v) is 15.5. The van der Waals surface area contributed by atoms with E-state index in [-0.39, 0.29) is 12.0 Å². The standard InChI is InChI=1S/C19H33NO3/c1-7-8-14(2)20-12-15(21)13-23-18-10-9-16(22-6)11-17(18)19(3,4)5/h9-11,14-15,20-21H,7-8,12-13H2,1-6H3/t14-,15+/m1/s1. The molecule has 23 heavy (non-hydrogen) atoms. The van der Waals surface area contributed by atoms with E-state index in [0.717, 1.165) is 29.9 Å². The average molecular weight is 323 g/mol. The molecule has 0 unspecified atom stereocenters. The normalized spacial score (nSPS) is 14.4. The largest absolute Gasteiger partial charge is 0.497 e. The molecule has 0 aliphatic heterocycles. The summed E-state index contributed by atoms with van der Waals surface area (Å²) in [5.41, 5.74) is 1.03. The fourth-order valence-corrected chi connectivity index (χ4v) is 2.47. The number of hydrogen-bond donors (Lipinski definition) is 2. The average Bonchev–Trinajstić information content (AvgIpc) is 2.50.